The van der Waals surface area contributed by atoms with Gasteiger partial charge in [0.1, 0.15) is 0 Å². The Hall–Kier alpha value is -1.53. The Morgan fingerprint density at radius 2 is 1.45 bits per heavy atom. The molecule has 0 saturated heterocycles. The van der Waals surface area contributed by atoms with Crippen molar-refractivity contribution in [3.05, 3.63) is 47.4 Å². The standard InChI is InChI=1S/C13H8F7/c14-11(15,12(16,17)13(18,19)20)10-7-3-5-8-4-1-2-6-9(8)10/h1-6H,7H2. The summed E-state index contributed by atoms with van der Waals surface area (Å²) in [5, 5.41) is 0. The Kier molecular flexibility index (Phi) is 3.34. The maximum absolute atomic E-state index is 13.7. The summed E-state index contributed by atoms with van der Waals surface area (Å²) in [5.41, 5.74) is -0.102. The van der Waals surface area contributed by atoms with Crippen LogP contribution >= 0.6 is 0 Å². The molecule has 1 aliphatic carbocycles. The van der Waals surface area contributed by atoms with Gasteiger partial charge in [-0.3, -0.25) is 0 Å². The predicted octanol–water partition coefficient (Wildman–Crippen LogP) is 4.86. The van der Waals surface area contributed by atoms with Gasteiger partial charge in [-0.15, -0.1) is 0 Å². The Balaban J connectivity index is 2.49. The van der Waals surface area contributed by atoms with Crippen LogP contribution in [0.15, 0.2) is 30.3 Å². The highest BCUT2D eigenvalue weighted by Gasteiger charge is 2.75. The molecular weight excluding hydrogens is 289 g/mol. The van der Waals surface area contributed by atoms with Crippen LogP contribution in [0.5, 0.6) is 0 Å². The highest BCUT2D eigenvalue weighted by atomic mass is 19.4. The zero-order valence-corrected chi connectivity index (χ0v) is 9.82. The maximum atomic E-state index is 13.7. The molecule has 1 aliphatic rings. The lowest BCUT2D eigenvalue weighted by Crippen LogP contribution is -2.55. The minimum atomic E-state index is -6.32. The highest BCUT2D eigenvalue weighted by molar-refractivity contribution is 5.63. The van der Waals surface area contributed by atoms with E-state index in [-0.39, 0.29) is 11.1 Å². The molecule has 109 valence electrons. The van der Waals surface area contributed by atoms with Crippen LogP contribution < -0.4 is 0 Å². The van der Waals surface area contributed by atoms with Gasteiger partial charge in [-0.05, 0) is 17.5 Å². The van der Waals surface area contributed by atoms with Crippen molar-refractivity contribution in [1.29, 1.82) is 0 Å². The third-order valence-electron chi connectivity index (χ3n) is 3.03. The number of halogens is 7. The van der Waals surface area contributed by atoms with Gasteiger partial charge in [0.25, 0.3) is 0 Å². The van der Waals surface area contributed by atoms with Gasteiger partial charge < -0.3 is 0 Å². The molecule has 7 heteroatoms. The average Bonchev–Trinajstić information content (AvgIpc) is 2.36. The van der Waals surface area contributed by atoms with Crippen LogP contribution in [0.1, 0.15) is 17.5 Å². The summed E-state index contributed by atoms with van der Waals surface area (Å²) in [6.45, 7) is 0. The van der Waals surface area contributed by atoms with Gasteiger partial charge in [0, 0.05) is 0 Å². The molecule has 0 fully saturated rings. The van der Waals surface area contributed by atoms with Crippen LogP contribution in [0.25, 0.3) is 6.08 Å². The minimum absolute atomic E-state index is 0.186. The molecular formula is C13H8F7. The third kappa shape index (κ3) is 2.09. The van der Waals surface area contributed by atoms with Crippen molar-refractivity contribution in [2.45, 2.75) is 24.4 Å². The van der Waals surface area contributed by atoms with E-state index in [1.807, 2.05) is 0 Å². The SMILES string of the molecule is FC(F)(F)C(F)(F)C(F)(F)[C]1CC=Cc2ccccc21. The normalized spacial score (nSPS) is 17.1. The van der Waals surface area contributed by atoms with Crippen LogP contribution in [0.4, 0.5) is 30.7 Å². The van der Waals surface area contributed by atoms with E-state index in [1.165, 1.54) is 24.3 Å². The van der Waals surface area contributed by atoms with Crippen LogP contribution in [0, 0.1) is 5.92 Å². The second-order valence-corrected chi connectivity index (χ2v) is 4.32. The van der Waals surface area contributed by atoms with Crippen molar-refractivity contribution < 1.29 is 30.7 Å². The first-order chi connectivity index (χ1) is 9.09. The molecule has 0 heterocycles. The lowest BCUT2D eigenvalue weighted by molar-refractivity contribution is -0.349. The van der Waals surface area contributed by atoms with E-state index < -0.39 is 30.4 Å². The molecule has 0 bridgehead atoms. The zero-order chi connectivity index (χ0) is 15.2. The lowest BCUT2D eigenvalue weighted by atomic mass is 9.80. The van der Waals surface area contributed by atoms with Gasteiger partial charge >= 0.3 is 18.0 Å². The summed E-state index contributed by atoms with van der Waals surface area (Å²) in [5.74, 6) is -12.6. The molecule has 0 atom stereocenters. The van der Waals surface area contributed by atoms with Crippen molar-refractivity contribution in [1.82, 2.24) is 0 Å². The molecule has 0 spiro atoms. The van der Waals surface area contributed by atoms with Crippen LogP contribution in [-0.4, -0.2) is 18.0 Å². The van der Waals surface area contributed by atoms with Crippen LogP contribution in [0.3, 0.4) is 0 Å². The minimum Gasteiger partial charge on any atom is -0.198 e. The fraction of sp³-hybridized carbons (Fsp3) is 0.308. The fourth-order valence-electron chi connectivity index (χ4n) is 2.00. The van der Waals surface area contributed by atoms with Gasteiger partial charge in [0.2, 0.25) is 0 Å². The highest BCUT2D eigenvalue weighted by Crippen LogP contribution is 2.54. The summed E-state index contributed by atoms with van der Waals surface area (Å²) in [6.07, 6.45) is -4.44. The van der Waals surface area contributed by atoms with E-state index in [0.717, 1.165) is 12.1 Å². The Morgan fingerprint density at radius 1 is 0.850 bits per heavy atom. The van der Waals surface area contributed by atoms with E-state index in [4.69, 9.17) is 0 Å². The Bertz CT molecular complexity index is 528. The van der Waals surface area contributed by atoms with Crippen molar-refractivity contribution in [2.75, 3.05) is 0 Å². The molecule has 0 aliphatic heterocycles. The molecule has 0 amide bonds. The van der Waals surface area contributed by atoms with Crippen molar-refractivity contribution >= 4 is 6.08 Å². The molecule has 0 aromatic heterocycles. The summed E-state index contributed by atoms with van der Waals surface area (Å²) >= 11 is 0. The van der Waals surface area contributed by atoms with Crippen molar-refractivity contribution in [2.24, 2.45) is 0 Å². The van der Waals surface area contributed by atoms with E-state index in [0.29, 0.717) is 0 Å². The molecule has 1 radical (unpaired) electrons. The van der Waals surface area contributed by atoms with Crippen molar-refractivity contribution in [3.8, 4) is 0 Å². The van der Waals surface area contributed by atoms with E-state index in [1.54, 1.807) is 0 Å². The Labute approximate surface area is 109 Å². The molecule has 1 aromatic rings. The molecule has 1 aromatic carbocycles. The molecule has 0 unspecified atom stereocenters. The van der Waals surface area contributed by atoms with E-state index in [2.05, 4.69) is 0 Å². The molecule has 0 nitrogen and oxygen atoms in total. The first kappa shape index (κ1) is 14.9. The number of hydrogen-bond acceptors (Lipinski definition) is 0. The summed E-state index contributed by atoms with van der Waals surface area (Å²) in [4.78, 5) is 0. The van der Waals surface area contributed by atoms with Gasteiger partial charge in [-0.25, -0.2) is 0 Å². The van der Waals surface area contributed by atoms with Crippen molar-refractivity contribution in [3.63, 3.8) is 0 Å². The van der Waals surface area contributed by atoms with Gasteiger partial charge in [0.15, 0.2) is 0 Å². The van der Waals surface area contributed by atoms with Crippen LogP contribution in [-0.2, 0) is 0 Å². The average molecular weight is 297 g/mol. The summed E-state index contributed by atoms with van der Waals surface area (Å²) in [6, 6.07) is 5.26. The van der Waals surface area contributed by atoms with E-state index in [9.17, 15) is 30.7 Å². The molecule has 0 saturated carbocycles. The Morgan fingerprint density at radius 3 is 2.05 bits per heavy atom. The monoisotopic (exact) mass is 297 g/mol. The second kappa shape index (κ2) is 4.49. The lowest BCUT2D eigenvalue weighted by Gasteiger charge is -2.35. The fourth-order valence-corrected chi connectivity index (χ4v) is 2.00. The van der Waals surface area contributed by atoms with Crippen LogP contribution in [0.2, 0.25) is 0 Å². The topological polar surface area (TPSA) is 0 Å². The predicted molar refractivity (Wildman–Crippen MR) is 58.4 cm³/mol. The quantitative estimate of drug-likeness (QED) is 0.684. The number of rotatable bonds is 2. The molecule has 0 N–H and O–H groups in total. The van der Waals surface area contributed by atoms with Gasteiger partial charge in [0.05, 0.1) is 5.92 Å². The zero-order valence-electron chi connectivity index (χ0n) is 9.82. The number of benzene rings is 1. The number of alkyl halides is 7. The number of allylic oxidation sites excluding steroid dienone is 1. The van der Waals surface area contributed by atoms with E-state index >= 15 is 0 Å². The summed E-state index contributed by atoms with van der Waals surface area (Å²) in [7, 11) is 0. The number of hydrogen-bond donors (Lipinski definition) is 0. The first-order valence-corrected chi connectivity index (χ1v) is 5.53. The molecule has 20 heavy (non-hydrogen) atoms. The third-order valence-corrected chi connectivity index (χ3v) is 3.03. The number of fused-ring (bicyclic) bond motifs is 1. The second-order valence-electron chi connectivity index (χ2n) is 4.32. The molecule has 2 rings (SSSR count). The smallest absolute Gasteiger partial charge is 0.198 e. The summed E-state index contributed by atoms with van der Waals surface area (Å²) < 4.78 is 90.2. The van der Waals surface area contributed by atoms with Gasteiger partial charge in [-0.2, -0.15) is 30.7 Å². The van der Waals surface area contributed by atoms with Gasteiger partial charge in [-0.1, -0.05) is 36.4 Å². The largest absolute Gasteiger partial charge is 0.459 e. The first-order valence-electron chi connectivity index (χ1n) is 5.53. The maximum Gasteiger partial charge on any atom is 0.459 e.